The second-order valence-electron chi connectivity index (χ2n) is 6.49. The van der Waals surface area contributed by atoms with Crippen molar-refractivity contribution in [3.63, 3.8) is 0 Å². The van der Waals surface area contributed by atoms with Gasteiger partial charge in [0, 0.05) is 34.1 Å². The van der Waals surface area contributed by atoms with Crippen molar-refractivity contribution >= 4 is 40.2 Å². The van der Waals surface area contributed by atoms with E-state index in [9.17, 15) is 9.59 Å². The normalized spacial score (nSPS) is 11.2. The van der Waals surface area contributed by atoms with Gasteiger partial charge >= 0.3 is 5.97 Å². The van der Waals surface area contributed by atoms with Crippen LogP contribution in [-0.2, 0) is 4.79 Å². The summed E-state index contributed by atoms with van der Waals surface area (Å²) in [6, 6.07) is 22.0. The molecule has 0 saturated heterocycles. The maximum Gasteiger partial charge on any atom is 0.328 e. The summed E-state index contributed by atoms with van der Waals surface area (Å²) in [5.41, 5.74) is 2.29. The molecule has 0 saturated carbocycles. The van der Waals surface area contributed by atoms with Gasteiger partial charge in [0.05, 0.1) is 5.69 Å². The first kappa shape index (κ1) is 18.7. The van der Waals surface area contributed by atoms with E-state index in [0.29, 0.717) is 27.5 Å². The highest BCUT2D eigenvalue weighted by atomic mass is 35.5. The Morgan fingerprint density at radius 3 is 2.52 bits per heavy atom. The number of rotatable bonds is 5. The number of fused-ring (bicyclic) bond motifs is 1. The third kappa shape index (κ3) is 3.71. The minimum atomic E-state index is -1.04. The van der Waals surface area contributed by atoms with Crippen molar-refractivity contribution in [1.29, 1.82) is 0 Å². The number of ketones is 1. The molecule has 0 aliphatic heterocycles. The Morgan fingerprint density at radius 2 is 1.69 bits per heavy atom. The fourth-order valence-corrected chi connectivity index (χ4v) is 3.55. The van der Waals surface area contributed by atoms with Crippen molar-refractivity contribution in [3.8, 4) is 5.69 Å². The van der Waals surface area contributed by atoms with Crippen molar-refractivity contribution in [1.82, 2.24) is 4.57 Å². The number of carbonyl (C=O) groups is 2. The lowest BCUT2D eigenvalue weighted by atomic mass is 9.96. The van der Waals surface area contributed by atoms with Gasteiger partial charge in [0.25, 0.3) is 0 Å². The first-order chi connectivity index (χ1) is 14.0. The van der Waals surface area contributed by atoms with Gasteiger partial charge in [0.15, 0.2) is 5.78 Å². The predicted octanol–water partition coefficient (Wildman–Crippen LogP) is 5.61. The molecule has 1 N–H and O–H groups in total. The van der Waals surface area contributed by atoms with Crippen LogP contribution in [0.1, 0.15) is 21.6 Å². The third-order valence-electron chi connectivity index (χ3n) is 4.67. The summed E-state index contributed by atoms with van der Waals surface area (Å²) >= 11 is 6.22. The summed E-state index contributed by atoms with van der Waals surface area (Å²) in [6.45, 7) is 0. The minimum Gasteiger partial charge on any atom is -0.478 e. The van der Waals surface area contributed by atoms with Crippen molar-refractivity contribution in [2.24, 2.45) is 0 Å². The summed E-state index contributed by atoms with van der Waals surface area (Å²) < 4.78 is 1.77. The Labute approximate surface area is 172 Å². The summed E-state index contributed by atoms with van der Waals surface area (Å²) in [5.74, 6) is -1.19. The van der Waals surface area contributed by atoms with E-state index in [0.717, 1.165) is 16.8 Å². The molecule has 0 bridgehead atoms. The number of carboxylic acids is 1. The van der Waals surface area contributed by atoms with Crippen molar-refractivity contribution in [2.45, 2.75) is 0 Å². The van der Waals surface area contributed by atoms with Gasteiger partial charge in [-0.25, -0.2) is 4.79 Å². The standard InChI is InChI=1S/C24H16ClNO3/c25-17-10-12-22(26-14-4-7-18(26)11-13-23(27)28)21(15-17)24(29)20-9-3-6-16-5-1-2-8-19(16)20/h1-15H,(H,27,28). The van der Waals surface area contributed by atoms with E-state index in [1.807, 2.05) is 36.4 Å². The number of hydrogen-bond donors (Lipinski definition) is 1. The van der Waals surface area contributed by atoms with Crippen LogP contribution in [0.3, 0.4) is 0 Å². The topological polar surface area (TPSA) is 59.3 Å². The lowest BCUT2D eigenvalue weighted by Crippen LogP contribution is -2.08. The zero-order valence-corrected chi connectivity index (χ0v) is 16.0. The highest BCUT2D eigenvalue weighted by Gasteiger charge is 2.18. The molecule has 0 fully saturated rings. The smallest absolute Gasteiger partial charge is 0.328 e. The summed E-state index contributed by atoms with van der Waals surface area (Å²) in [7, 11) is 0. The van der Waals surface area contributed by atoms with Crippen LogP contribution in [0.25, 0.3) is 22.5 Å². The molecule has 1 heterocycles. The lowest BCUT2D eigenvalue weighted by Gasteiger charge is -2.14. The van der Waals surface area contributed by atoms with Crippen molar-refractivity contribution in [2.75, 3.05) is 0 Å². The van der Waals surface area contributed by atoms with E-state index >= 15 is 0 Å². The van der Waals surface area contributed by atoms with Crippen LogP contribution in [0.2, 0.25) is 5.02 Å². The molecular formula is C24H16ClNO3. The summed E-state index contributed by atoms with van der Waals surface area (Å²) in [4.78, 5) is 24.4. The molecule has 0 amide bonds. The Kier molecular flexibility index (Phi) is 5.02. The minimum absolute atomic E-state index is 0.152. The van der Waals surface area contributed by atoms with E-state index in [1.165, 1.54) is 6.08 Å². The van der Waals surface area contributed by atoms with Gasteiger partial charge < -0.3 is 9.67 Å². The number of hydrogen-bond acceptors (Lipinski definition) is 2. The van der Waals surface area contributed by atoms with Gasteiger partial charge in [-0.1, -0.05) is 54.1 Å². The maximum atomic E-state index is 13.5. The second-order valence-corrected chi connectivity index (χ2v) is 6.93. The van der Waals surface area contributed by atoms with Gasteiger partial charge in [-0.2, -0.15) is 0 Å². The molecule has 142 valence electrons. The number of benzene rings is 3. The first-order valence-corrected chi connectivity index (χ1v) is 9.33. The molecule has 5 heteroatoms. The Balaban J connectivity index is 1.88. The summed E-state index contributed by atoms with van der Waals surface area (Å²) in [5, 5.41) is 11.2. The van der Waals surface area contributed by atoms with Crippen molar-refractivity contribution in [3.05, 3.63) is 107 Å². The SMILES string of the molecule is O=C(O)C=Cc1cccn1-c1ccc(Cl)cc1C(=O)c1cccc2ccccc12. The molecule has 29 heavy (non-hydrogen) atoms. The first-order valence-electron chi connectivity index (χ1n) is 8.95. The molecule has 4 aromatic rings. The van der Waals surface area contributed by atoms with E-state index in [1.54, 1.807) is 47.2 Å². The van der Waals surface area contributed by atoms with Crippen LogP contribution in [0.15, 0.2) is 85.1 Å². The number of halogens is 1. The van der Waals surface area contributed by atoms with Crippen molar-refractivity contribution < 1.29 is 14.7 Å². The van der Waals surface area contributed by atoms with Crippen LogP contribution in [0, 0.1) is 0 Å². The molecule has 0 aliphatic rings. The van der Waals surface area contributed by atoms with E-state index in [-0.39, 0.29) is 5.78 Å². The highest BCUT2D eigenvalue weighted by Crippen LogP contribution is 2.27. The second kappa shape index (κ2) is 7.78. The zero-order chi connectivity index (χ0) is 20.4. The molecule has 4 nitrogen and oxygen atoms in total. The average molecular weight is 402 g/mol. The average Bonchev–Trinajstić information content (AvgIpc) is 3.19. The van der Waals surface area contributed by atoms with Crippen LogP contribution < -0.4 is 0 Å². The quantitative estimate of drug-likeness (QED) is 0.349. The van der Waals surface area contributed by atoms with E-state index in [2.05, 4.69) is 0 Å². The molecule has 0 atom stereocenters. The predicted molar refractivity (Wildman–Crippen MR) is 115 cm³/mol. The molecule has 4 rings (SSSR count). The van der Waals surface area contributed by atoms with Gasteiger partial charge in [-0.15, -0.1) is 0 Å². The largest absolute Gasteiger partial charge is 0.478 e. The van der Waals surface area contributed by atoms with Gasteiger partial charge in [0.2, 0.25) is 0 Å². The Morgan fingerprint density at radius 1 is 0.897 bits per heavy atom. The third-order valence-corrected chi connectivity index (χ3v) is 4.91. The molecule has 0 unspecified atom stereocenters. The number of carbonyl (C=O) groups excluding carboxylic acids is 1. The van der Waals surface area contributed by atoms with E-state index in [4.69, 9.17) is 16.7 Å². The van der Waals surface area contributed by atoms with Crippen LogP contribution in [-0.4, -0.2) is 21.4 Å². The van der Waals surface area contributed by atoms with E-state index < -0.39 is 5.97 Å². The molecule has 0 spiro atoms. The Hall–Kier alpha value is -3.63. The molecular weight excluding hydrogens is 386 g/mol. The Bertz CT molecular complexity index is 1260. The fourth-order valence-electron chi connectivity index (χ4n) is 3.37. The zero-order valence-electron chi connectivity index (χ0n) is 15.2. The molecule has 3 aromatic carbocycles. The number of nitrogens with zero attached hydrogens (tertiary/aromatic N) is 1. The highest BCUT2D eigenvalue weighted by molar-refractivity contribution is 6.31. The summed E-state index contributed by atoms with van der Waals surface area (Å²) in [6.07, 6.45) is 4.34. The molecule has 1 aromatic heterocycles. The monoisotopic (exact) mass is 401 g/mol. The number of carboxylic acid groups (broad SMARTS) is 1. The van der Waals surface area contributed by atoms with Gasteiger partial charge in [-0.3, -0.25) is 4.79 Å². The number of aromatic nitrogens is 1. The van der Waals surface area contributed by atoms with Crippen LogP contribution >= 0.6 is 11.6 Å². The molecule has 0 aliphatic carbocycles. The lowest BCUT2D eigenvalue weighted by molar-refractivity contribution is -0.131. The number of aliphatic carboxylic acids is 1. The van der Waals surface area contributed by atoms with Crippen LogP contribution in [0.5, 0.6) is 0 Å². The van der Waals surface area contributed by atoms with Gasteiger partial charge in [-0.05, 0) is 47.2 Å². The van der Waals surface area contributed by atoms with Gasteiger partial charge in [0.1, 0.15) is 0 Å². The van der Waals surface area contributed by atoms with Crippen LogP contribution in [0.4, 0.5) is 0 Å². The fraction of sp³-hybridized carbons (Fsp3) is 0. The maximum absolute atomic E-state index is 13.5. The molecule has 0 radical (unpaired) electrons.